The summed E-state index contributed by atoms with van der Waals surface area (Å²) in [7, 11) is 0. The highest BCUT2D eigenvalue weighted by Crippen LogP contribution is 2.38. The van der Waals surface area contributed by atoms with Crippen LogP contribution in [0.1, 0.15) is 23.6 Å². The van der Waals surface area contributed by atoms with Crippen molar-refractivity contribution in [2.45, 2.75) is 12.5 Å². The van der Waals surface area contributed by atoms with Gasteiger partial charge in [0.25, 0.3) is 0 Å². The van der Waals surface area contributed by atoms with Gasteiger partial charge in [-0.15, -0.1) is 0 Å². The first kappa shape index (κ1) is 17.2. The second-order valence-corrected chi connectivity index (χ2v) is 6.81. The van der Waals surface area contributed by atoms with Gasteiger partial charge in [0.15, 0.2) is 11.5 Å². The van der Waals surface area contributed by atoms with E-state index in [2.05, 4.69) is 15.4 Å². The summed E-state index contributed by atoms with van der Waals surface area (Å²) in [4.78, 5) is 15.7. The number of benzene rings is 2. The van der Waals surface area contributed by atoms with Gasteiger partial charge in [-0.25, -0.2) is 5.01 Å². The molecule has 29 heavy (non-hydrogen) atoms. The topological polar surface area (TPSA) is 76.1 Å². The highest BCUT2D eigenvalue weighted by atomic mass is 16.7. The van der Waals surface area contributed by atoms with Gasteiger partial charge in [0.1, 0.15) is 0 Å². The van der Waals surface area contributed by atoms with Gasteiger partial charge in [0, 0.05) is 30.2 Å². The Morgan fingerprint density at radius 3 is 2.72 bits per heavy atom. The first-order valence-electron chi connectivity index (χ1n) is 9.28. The van der Waals surface area contributed by atoms with Crippen molar-refractivity contribution in [2.24, 2.45) is 5.10 Å². The minimum absolute atomic E-state index is 0.172. The van der Waals surface area contributed by atoms with Crippen molar-refractivity contribution in [2.75, 3.05) is 12.1 Å². The largest absolute Gasteiger partial charge is 0.454 e. The number of amides is 1. The number of nitrogens with one attached hydrogen (secondary N) is 1. The zero-order chi connectivity index (χ0) is 19.6. The van der Waals surface area contributed by atoms with Gasteiger partial charge < -0.3 is 14.8 Å². The van der Waals surface area contributed by atoms with E-state index in [1.54, 1.807) is 12.4 Å². The third-order valence-electron chi connectivity index (χ3n) is 5.00. The lowest BCUT2D eigenvalue weighted by Gasteiger charge is -2.17. The summed E-state index contributed by atoms with van der Waals surface area (Å²) < 4.78 is 10.8. The standard InChI is InChI=1S/C22H18N4O3/c27-13-26-20(16-4-5-21-22(11-16)29-14-28-21)12-19(25-26)15-2-1-3-18(10-15)24-17-6-8-23-9-7-17/h1-11,13,20H,12,14H2,(H,23,24). The second kappa shape index (κ2) is 7.27. The van der Waals surface area contributed by atoms with E-state index in [9.17, 15) is 4.79 Å². The van der Waals surface area contributed by atoms with Gasteiger partial charge in [0.05, 0.1) is 11.8 Å². The van der Waals surface area contributed by atoms with Gasteiger partial charge in [-0.05, 0) is 47.5 Å². The predicted molar refractivity (Wildman–Crippen MR) is 108 cm³/mol. The molecule has 2 aliphatic rings. The Morgan fingerprint density at radius 2 is 1.86 bits per heavy atom. The molecule has 3 aromatic rings. The molecule has 1 atom stereocenters. The molecule has 7 heteroatoms. The smallest absolute Gasteiger partial charge is 0.231 e. The van der Waals surface area contributed by atoms with Crippen LogP contribution < -0.4 is 14.8 Å². The quantitative estimate of drug-likeness (QED) is 0.674. The third kappa shape index (κ3) is 3.38. The lowest BCUT2D eigenvalue weighted by molar-refractivity contribution is -0.119. The molecule has 1 aromatic heterocycles. The van der Waals surface area contributed by atoms with Crippen LogP contribution in [0.4, 0.5) is 11.4 Å². The van der Waals surface area contributed by atoms with Crippen molar-refractivity contribution in [3.63, 3.8) is 0 Å². The summed E-state index contributed by atoms with van der Waals surface area (Å²) >= 11 is 0. The second-order valence-electron chi connectivity index (χ2n) is 6.81. The maximum absolute atomic E-state index is 11.7. The SMILES string of the molecule is O=CN1N=C(c2cccc(Nc3ccncc3)c2)CC1c1ccc2c(c1)OCO2. The van der Waals surface area contributed by atoms with Crippen LogP contribution in [0.3, 0.4) is 0 Å². The number of hydrogen-bond acceptors (Lipinski definition) is 6. The maximum atomic E-state index is 11.7. The molecule has 0 saturated heterocycles. The monoisotopic (exact) mass is 386 g/mol. The highest BCUT2D eigenvalue weighted by molar-refractivity contribution is 6.03. The van der Waals surface area contributed by atoms with Crippen molar-refractivity contribution in [1.29, 1.82) is 0 Å². The minimum atomic E-state index is -0.172. The van der Waals surface area contributed by atoms with Crippen molar-refractivity contribution in [3.8, 4) is 11.5 Å². The van der Waals surface area contributed by atoms with E-state index in [0.717, 1.165) is 40.4 Å². The number of aromatic nitrogens is 1. The molecule has 2 aromatic carbocycles. The Labute approximate surface area is 167 Å². The fraction of sp³-hybridized carbons (Fsp3) is 0.136. The number of carbonyl (C=O) groups is 1. The summed E-state index contributed by atoms with van der Waals surface area (Å²) in [6.07, 6.45) is 4.87. The number of hydrogen-bond donors (Lipinski definition) is 1. The van der Waals surface area contributed by atoms with Crippen molar-refractivity contribution < 1.29 is 14.3 Å². The fourth-order valence-electron chi connectivity index (χ4n) is 3.57. The highest BCUT2D eigenvalue weighted by Gasteiger charge is 2.30. The molecule has 0 spiro atoms. The number of anilines is 2. The van der Waals surface area contributed by atoms with E-state index in [4.69, 9.17) is 9.47 Å². The van der Waals surface area contributed by atoms with E-state index in [1.165, 1.54) is 5.01 Å². The van der Waals surface area contributed by atoms with E-state index in [1.807, 2.05) is 54.6 Å². The van der Waals surface area contributed by atoms with Crippen molar-refractivity contribution in [1.82, 2.24) is 9.99 Å². The number of carbonyl (C=O) groups excluding carboxylic acids is 1. The molecule has 1 unspecified atom stereocenters. The molecule has 144 valence electrons. The molecule has 0 fully saturated rings. The van der Waals surface area contributed by atoms with Crippen LogP contribution >= 0.6 is 0 Å². The molecule has 0 radical (unpaired) electrons. The minimum Gasteiger partial charge on any atom is -0.454 e. The summed E-state index contributed by atoms with van der Waals surface area (Å²) in [5, 5.41) is 9.37. The number of nitrogens with zero attached hydrogens (tertiary/aromatic N) is 3. The zero-order valence-corrected chi connectivity index (χ0v) is 15.5. The van der Waals surface area contributed by atoms with Crippen LogP contribution in [0.15, 0.2) is 72.1 Å². The molecule has 1 amide bonds. The molecule has 0 aliphatic carbocycles. The number of rotatable bonds is 5. The average Bonchev–Trinajstić information content (AvgIpc) is 3.41. The molecule has 0 bridgehead atoms. The normalized spacial score (nSPS) is 17.2. The molecule has 7 nitrogen and oxygen atoms in total. The Bertz CT molecular complexity index is 1080. The molecular weight excluding hydrogens is 368 g/mol. The lowest BCUT2D eigenvalue weighted by Crippen LogP contribution is -2.17. The van der Waals surface area contributed by atoms with Crippen LogP contribution in [0.5, 0.6) is 11.5 Å². The fourth-order valence-corrected chi connectivity index (χ4v) is 3.57. The van der Waals surface area contributed by atoms with E-state index in [-0.39, 0.29) is 12.8 Å². The predicted octanol–water partition coefficient (Wildman–Crippen LogP) is 3.86. The Kier molecular flexibility index (Phi) is 4.32. The van der Waals surface area contributed by atoms with Gasteiger partial charge in [-0.2, -0.15) is 5.10 Å². The van der Waals surface area contributed by atoms with Gasteiger partial charge >= 0.3 is 0 Å². The summed E-state index contributed by atoms with van der Waals surface area (Å²) in [5.74, 6) is 1.42. The van der Waals surface area contributed by atoms with Crippen LogP contribution in [0.2, 0.25) is 0 Å². The maximum Gasteiger partial charge on any atom is 0.231 e. The number of hydrazone groups is 1. The zero-order valence-electron chi connectivity index (χ0n) is 15.5. The van der Waals surface area contributed by atoms with Gasteiger partial charge in [0.2, 0.25) is 13.2 Å². The summed E-state index contributed by atoms with van der Waals surface area (Å²) in [6, 6.07) is 17.4. The Morgan fingerprint density at radius 1 is 1.00 bits per heavy atom. The molecule has 2 aliphatic heterocycles. The van der Waals surface area contributed by atoms with Crippen molar-refractivity contribution in [3.05, 3.63) is 78.1 Å². The van der Waals surface area contributed by atoms with Crippen molar-refractivity contribution >= 4 is 23.5 Å². The first-order chi connectivity index (χ1) is 14.3. The Balaban J connectivity index is 1.39. The van der Waals surface area contributed by atoms with Crippen LogP contribution in [-0.2, 0) is 4.79 Å². The van der Waals surface area contributed by atoms with Crippen LogP contribution in [0.25, 0.3) is 0 Å². The van der Waals surface area contributed by atoms with E-state index >= 15 is 0 Å². The molecule has 0 saturated carbocycles. The molecule has 5 rings (SSSR count). The van der Waals surface area contributed by atoms with Gasteiger partial charge in [-0.1, -0.05) is 18.2 Å². The number of pyridine rings is 1. The molecule has 3 heterocycles. The van der Waals surface area contributed by atoms with E-state index in [0.29, 0.717) is 12.2 Å². The van der Waals surface area contributed by atoms with E-state index < -0.39 is 0 Å². The summed E-state index contributed by atoms with van der Waals surface area (Å²) in [5.41, 5.74) is 4.70. The van der Waals surface area contributed by atoms with Crippen LogP contribution in [-0.4, -0.2) is 28.9 Å². The number of fused-ring (bicyclic) bond motifs is 1. The molecular formula is C22H18N4O3. The first-order valence-corrected chi connectivity index (χ1v) is 9.28. The lowest BCUT2D eigenvalue weighted by atomic mass is 9.98. The molecule has 1 N–H and O–H groups in total. The third-order valence-corrected chi connectivity index (χ3v) is 5.00. The number of ether oxygens (including phenoxy) is 2. The summed E-state index contributed by atoms with van der Waals surface area (Å²) in [6.45, 7) is 0.222. The average molecular weight is 386 g/mol. The van der Waals surface area contributed by atoms with Gasteiger partial charge in [-0.3, -0.25) is 9.78 Å². The Hall–Kier alpha value is -3.87. The van der Waals surface area contributed by atoms with Crippen LogP contribution in [0, 0.1) is 0 Å².